The summed E-state index contributed by atoms with van der Waals surface area (Å²) in [7, 11) is 2.31. The van der Waals surface area contributed by atoms with Gasteiger partial charge >= 0.3 is 0 Å². The van der Waals surface area contributed by atoms with Crippen molar-refractivity contribution in [2.45, 2.75) is 52.0 Å². The largest absolute Gasteiger partial charge is 0.317 e. The number of hydrogen-bond donors (Lipinski definition) is 1. The average molecular weight is 212 g/mol. The van der Waals surface area contributed by atoms with E-state index in [4.69, 9.17) is 0 Å². The van der Waals surface area contributed by atoms with Crippen LogP contribution in [-0.2, 0) is 0 Å². The Morgan fingerprint density at radius 3 is 2.87 bits per heavy atom. The average Bonchev–Trinajstić information content (AvgIpc) is 2.45. The van der Waals surface area contributed by atoms with Crippen LogP contribution >= 0.6 is 0 Å². The topological polar surface area (TPSA) is 15.3 Å². The van der Waals surface area contributed by atoms with Gasteiger partial charge in [0.2, 0.25) is 0 Å². The van der Waals surface area contributed by atoms with Crippen LogP contribution in [0.2, 0.25) is 0 Å². The van der Waals surface area contributed by atoms with Crippen molar-refractivity contribution < 1.29 is 0 Å². The summed E-state index contributed by atoms with van der Waals surface area (Å²) in [6.07, 6.45) is 6.74. The molecule has 0 radical (unpaired) electrons. The normalized spacial score (nSPS) is 25.2. The fraction of sp³-hybridized carbons (Fsp3) is 1.00. The molecule has 0 aromatic heterocycles. The Kier molecular flexibility index (Phi) is 6.26. The first-order valence-electron chi connectivity index (χ1n) is 6.65. The SMILES string of the molecule is CCCC(C)CN(C)C1CCCNCC1. The van der Waals surface area contributed by atoms with Crippen LogP contribution < -0.4 is 5.32 Å². The number of nitrogens with zero attached hydrogens (tertiary/aromatic N) is 1. The summed E-state index contributed by atoms with van der Waals surface area (Å²) in [4.78, 5) is 2.59. The molecule has 2 unspecified atom stereocenters. The smallest absolute Gasteiger partial charge is 0.0105 e. The maximum absolute atomic E-state index is 3.48. The molecule has 15 heavy (non-hydrogen) atoms. The molecular weight excluding hydrogens is 184 g/mol. The van der Waals surface area contributed by atoms with Gasteiger partial charge in [-0.25, -0.2) is 0 Å². The van der Waals surface area contributed by atoms with Crippen molar-refractivity contribution in [3.05, 3.63) is 0 Å². The maximum Gasteiger partial charge on any atom is 0.0105 e. The Balaban J connectivity index is 2.27. The van der Waals surface area contributed by atoms with E-state index in [0.29, 0.717) is 0 Å². The van der Waals surface area contributed by atoms with E-state index < -0.39 is 0 Å². The molecule has 2 heteroatoms. The van der Waals surface area contributed by atoms with E-state index in [-0.39, 0.29) is 0 Å². The third-order valence-electron chi connectivity index (χ3n) is 3.55. The molecule has 90 valence electrons. The molecule has 0 aromatic rings. The van der Waals surface area contributed by atoms with Crippen LogP contribution in [0.5, 0.6) is 0 Å². The summed E-state index contributed by atoms with van der Waals surface area (Å²) in [5.74, 6) is 0.858. The van der Waals surface area contributed by atoms with Crippen LogP contribution in [-0.4, -0.2) is 37.6 Å². The second-order valence-electron chi connectivity index (χ2n) is 5.17. The minimum Gasteiger partial charge on any atom is -0.317 e. The Bertz CT molecular complexity index is 151. The zero-order chi connectivity index (χ0) is 11.1. The maximum atomic E-state index is 3.48. The van der Waals surface area contributed by atoms with E-state index in [1.54, 1.807) is 0 Å². The van der Waals surface area contributed by atoms with Gasteiger partial charge in [-0.1, -0.05) is 20.3 Å². The molecule has 0 aliphatic carbocycles. The quantitative estimate of drug-likeness (QED) is 0.753. The Morgan fingerprint density at radius 1 is 1.33 bits per heavy atom. The lowest BCUT2D eigenvalue weighted by atomic mass is 10.0. The Labute approximate surface area is 95.4 Å². The highest BCUT2D eigenvalue weighted by molar-refractivity contribution is 4.75. The van der Waals surface area contributed by atoms with Crippen LogP contribution in [0, 0.1) is 5.92 Å². The summed E-state index contributed by atoms with van der Waals surface area (Å²) in [5.41, 5.74) is 0. The minimum absolute atomic E-state index is 0.819. The molecule has 1 aliphatic rings. The van der Waals surface area contributed by atoms with Gasteiger partial charge < -0.3 is 10.2 Å². The van der Waals surface area contributed by atoms with Gasteiger partial charge in [-0.3, -0.25) is 0 Å². The molecule has 0 saturated carbocycles. The van der Waals surface area contributed by atoms with Gasteiger partial charge in [0.1, 0.15) is 0 Å². The standard InChI is InChI=1S/C13H28N2/c1-4-6-12(2)11-15(3)13-7-5-9-14-10-8-13/h12-14H,4-11H2,1-3H3. The summed E-state index contributed by atoms with van der Waals surface area (Å²) in [5, 5.41) is 3.48. The van der Waals surface area contributed by atoms with Crippen molar-refractivity contribution in [1.29, 1.82) is 0 Å². The zero-order valence-corrected chi connectivity index (χ0v) is 10.8. The van der Waals surface area contributed by atoms with E-state index in [9.17, 15) is 0 Å². The summed E-state index contributed by atoms with van der Waals surface area (Å²) < 4.78 is 0. The summed E-state index contributed by atoms with van der Waals surface area (Å²) >= 11 is 0. The lowest BCUT2D eigenvalue weighted by molar-refractivity contribution is 0.193. The molecule has 1 rings (SSSR count). The lowest BCUT2D eigenvalue weighted by Crippen LogP contribution is -2.35. The predicted molar refractivity (Wildman–Crippen MR) is 67.2 cm³/mol. The molecule has 2 atom stereocenters. The third kappa shape index (κ3) is 4.98. The number of hydrogen-bond acceptors (Lipinski definition) is 2. The van der Waals surface area contributed by atoms with E-state index in [1.807, 2.05) is 0 Å². The molecule has 1 N–H and O–H groups in total. The van der Waals surface area contributed by atoms with E-state index in [1.165, 1.54) is 51.7 Å². The van der Waals surface area contributed by atoms with Crippen LogP contribution in [0.3, 0.4) is 0 Å². The van der Waals surface area contributed by atoms with Crippen molar-refractivity contribution >= 4 is 0 Å². The van der Waals surface area contributed by atoms with E-state index in [0.717, 1.165) is 12.0 Å². The second kappa shape index (κ2) is 7.24. The monoisotopic (exact) mass is 212 g/mol. The van der Waals surface area contributed by atoms with Gasteiger partial charge in [0.05, 0.1) is 0 Å². The molecule has 1 saturated heterocycles. The van der Waals surface area contributed by atoms with Gasteiger partial charge in [0.25, 0.3) is 0 Å². The van der Waals surface area contributed by atoms with Gasteiger partial charge in [-0.15, -0.1) is 0 Å². The molecule has 2 nitrogen and oxygen atoms in total. The molecule has 0 amide bonds. The van der Waals surface area contributed by atoms with Crippen LogP contribution in [0.4, 0.5) is 0 Å². The van der Waals surface area contributed by atoms with Gasteiger partial charge in [-0.2, -0.15) is 0 Å². The number of nitrogens with one attached hydrogen (secondary N) is 1. The fourth-order valence-electron chi connectivity index (χ4n) is 2.67. The summed E-state index contributed by atoms with van der Waals surface area (Å²) in [6, 6.07) is 0.819. The van der Waals surface area contributed by atoms with Crippen LogP contribution in [0.15, 0.2) is 0 Å². The highest BCUT2D eigenvalue weighted by atomic mass is 15.1. The first kappa shape index (κ1) is 13.0. The Morgan fingerprint density at radius 2 is 2.13 bits per heavy atom. The van der Waals surface area contributed by atoms with E-state index >= 15 is 0 Å². The third-order valence-corrected chi connectivity index (χ3v) is 3.55. The molecule has 1 aliphatic heterocycles. The fourth-order valence-corrected chi connectivity index (χ4v) is 2.67. The van der Waals surface area contributed by atoms with Crippen molar-refractivity contribution in [2.75, 3.05) is 26.7 Å². The van der Waals surface area contributed by atoms with Crippen molar-refractivity contribution in [3.8, 4) is 0 Å². The van der Waals surface area contributed by atoms with Crippen molar-refractivity contribution in [1.82, 2.24) is 10.2 Å². The lowest BCUT2D eigenvalue weighted by Gasteiger charge is -2.29. The molecule has 0 bridgehead atoms. The predicted octanol–water partition coefficient (Wildman–Crippen LogP) is 2.50. The molecule has 0 spiro atoms. The van der Waals surface area contributed by atoms with Crippen LogP contribution in [0.25, 0.3) is 0 Å². The summed E-state index contributed by atoms with van der Waals surface area (Å²) in [6.45, 7) is 8.37. The van der Waals surface area contributed by atoms with Crippen molar-refractivity contribution in [2.24, 2.45) is 5.92 Å². The Hall–Kier alpha value is -0.0800. The van der Waals surface area contributed by atoms with Crippen molar-refractivity contribution in [3.63, 3.8) is 0 Å². The highest BCUT2D eigenvalue weighted by Crippen LogP contribution is 2.15. The van der Waals surface area contributed by atoms with Gasteiger partial charge in [0, 0.05) is 12.6 Å². The molecule has 1 fully saturated rings. The number of rotatable bonds is 5. The van der Waals surface area contributed by atoms with Gasteiger partial charge in [0.15, 0.2) is 0 Å². The molecule has 1 heterocycles. The minimum atomic E-state index is 0.819. The molecular formula is C13H28N2. The zero-order valence-electron chi connectivity index (χ0n) is 10.8. The van der Waals surface area contributed by atoms with Gasteiger partial charge in [-0.05, 0) is 51.7 Å². The first-order chi connectivity index (χ1) is 7.24. The first-order valence-corrected chi connectivity index (χ1v) is 6.65. The van der Waals surface area contributed by atoms with E-state index in [2.05, 4.69) is 31.1 Å². The molecule has 0 aromatic carbocycles. The highest BCUT2D eigenvalue weighted by Gasteiger charge is 2.17. The second-order valence-corrected chi connectivity index (χ2v) is 5.17. The van der Waals surface area contributed by atoms with Crippen LogP contribution in [0.1, 0.15) is 46.0 Å².